The Hall–Kier alpha value is -1.44. The van der Waals surface area contributed by atoms with Gasteiger partial charge in [0.15, 0.2) is 0 Å². The highest BCUT2D eigenvalue weighted by Crippen LogP contribution is 2.26. The molecule has 2 aliphatic rings. The molecule has 3 heterocycles. The van der Waals surface area contributed by atoms with Crippen molar-refractivity contribution < 1.29 is 9.18 Å². The van der Waals surface area contributed by atoms with E-state index in [2.05, 4.69) is 10.6 Å². The molecular formula is C15H20ClFN4O2. The second kappa shape index (κ2) is 6.59. The molecule has 1 aromatic heterocycles. The van der Waals surface area contributed by atoms with Crippen molar-refractivity contribution in [1.29, 1.82) is 0 Å². The molecule has 4 atom stereocenters. The number of fused-ring (bicyclic) bond motifs is 1. The molecule has 6 nitrogen and oxygen atoms in total. The Morgan fingerprint density at radius 1 is 1.48 bits per heavy atom. The van der Waals surface area contributed by atoms with Gasteiger partial charge in [0.25, 0.3) is 5.56 Å². The van der Waals surface area contributed by atoms with Gasteiger partial charge in [0, 0.05) is 38.3 Å². The topological polar surface area (TPSA) is 66.4 Å². The Balaban J connectivity index is 1.64. The minimum absolute atomic E-state index is 0.108. The van der Waals surface area contributed by atoms with Crippen LogP contribution in [0, 0.1) is 0 Å². The lowest BCUT2D eigenvalue weighted by Gasteiger charge is -2.33. The van der Waals surface area contributed by atoms with Gasteiger partial charge in [-0.2, -0.15) is 0 Å². The predicted octanol–water partition coefficient (Wildman–Crippen LogP) is 0.756. The summed E-state index contributed by atoms with van der Waals surface area (Å²) in [5.41, 5.74) is 0.463. The number of nitrogens with zero attached hydrogens (tertiary/aromatic N) is 2. The van der Waals surface area contributed by atoms with Gasteiger partial charge in [0.05, 0.1) is 17.2 Å². The molecule has 2 N–H and O–H groups in total. The molecule has 4 unspecified atom stereocenters. The van der Waals surface area contributed by atoms with E-state index in [1.165, 1.54) is 10.6 Å². The standard InChI is InChI=1S/C15H20ClFN4O2/c1-2-20-6-9(3-4-14(20)22)18-15(23)12-8-21-7-10(16)11(17)5-13(21)19-12/h3-4,6,10-13,19H,2,5,7-8H2,1H3,(H,18,23). The number of alkyl halides is 2. The number of anilines is 1. The second-order valence-corrected chi connectivity index (χ2v) is 6.55. The average Bonchev–Trinajstić information content (AvgIpc) is 2.92. The summed E-state index contributed by atoms with van der Waals surface area (Å²) in [6, 6.07) is 2.59. The van der Waals surface area contributed by atoms with Crippen molar-refractivity contribution in [2.45, 2.75) is 43.6 Å². The SMILES string of the molecule is CCn1cc(NC(=O)C2CN3CC(Cl)C(F)CC3N2)ccc1=O. The molecule has 1 aromatic rings. The Bertz CT molecular complexity index is 635. The molecule has 2 aliphatic heterocycles. The maximum absolute atomic E-state index is 13.7. The molecule has 0 aliphatic carbocycles. The number of carbonyl (C=O) groups excluding carboxylic acids is 1. The van der Waals surface area contributed by atoms with Crippen LogP contribution in [0.3, 0.4) is 0 Å². The molecule has 126 valence electrons. The molecule has 0 bridgehead atoms. The lowest BCUT2D eigenvalue weighted by molar-refractivity contribution is -0.117. The molecule has 3 rings (SSSR count). The number of hydrogen-bond acceptors (Lipinski definition) is 4. The number of amides is 1. The van der Waals surface area contributed by atoms with Crippen molar-refractivity contribution in [3.8, 4) is 0 Å². The van der Waals surface area contributed by atoms with Crippen LogP contribution in [0.5, 0.6) is 0 Å². The number of pyridine rings is 1. The van der Waals surface area contributed by atoms with Gasteiger partial charge in [-0.3, -0.25) is 19.8 Å². The highest BCUT2D eigenvalue weighted by Gasteiger charge is 2.42. The molecule has 23 heavy (non-hydrogen) atoms. The Kier molecular flexibility index (Phi) is 4.70. The number of aryl methyl sites for hydroxylation is 1. The molecule has 0 aromatic carbocycles. The Labute approximate surface area is 138 Å². The highest BCUT2D eigenvalue weighted by molar-refractivity contribution is 6.21. The first-order valence-electron chi connectivity index (χ1n) is 7.77. The average molecular weight is 343 g/mol. The zero-order valence-electron chi connectivity index (χ0n) is 12.8. The number of rotatable bonds is 3. The third-order valence-corrected chi connectivity index (χ3v) is 4.82. The lowest BCUT2D eigenvalue weighted by atomic mass is 10.1. The number of piperidine rings is 1. The summed E-state index contributed by atoms with van der Waals surface area (Å²) in [6.07, 6.45) is 0.703. The molecule has 2 saturated heterocycles. The van der Waals surface area contributed by atoms with E-state index in [-0.39, 0.29) is 17.6 Å². The third kappa shape index (κ3) is 3.41. The van der Waals surface area contributed by atoms with Crippen molar-refractivity contribution in [1.82, 2.24) is 14.8 Å². The molecule has 0 saturated carbocycles. The maximum Gasteiger partial charge on any atom is 0.250 e. The first kappa shape index (κ1) is 16.4. The van der Waals surface area contributed by atoms with Crippen molar-refractivity contribution in [2.75, 3.05) is 18.4 Å². The van der Waals surface area contributed by atoms with Gasteiger partial charge in [-0.15, -0.1) is 11.6 Å². The molecular weight excluding hydrogens is 323 g/mol. The van der Waals surface area contributed by atoms with E-state index in [1.807, 2.05) is 11.8 Å². The van der Waals surface area contributed by atoms with Gasteiger partial charge >= 0.3 is 0 Å². The number of halogens is 2. The Morgan fingerprint density at radius 2 is 2.26 bits per heavy atom. The summed E-state index contributed by atoms with van der Waals surface area (Å²) < 4.78 is 15.2. The largest absolute Gasteiger partial charge is 0.323 e. The minimum Gasteiger partial charge on any atom is -0.323 e. The first-order valence-corrected chi connectivity index (χ1v) is 8.21. The van der Waals surface area contributed by atoms with E-state index in [4.69, 9.17) is 11.6 Å². The highest BCUT2D eigenvalue weighted by atomic mass is 35.5. The van der Waals surface area contributed by atoms with Crippen LogP contribution in [-0.2, 0) is 11.3 Å². The molecule has 1 amide bonds. The van der Waals surface area contributed by atoms with Gasteiger partial charge in [0.2, 0.25) is 5.91 Å². The normalized spacial score (nSPS) is 30.9. The fourth-order valence-electron chi connectivity index (χ4n) is 3.11. The lowest BCUT2D eigenvalue weighted by Crippen LogP contribution is -2.49. The van der Waals surface area contributed by atoms with E-state index in [0.717, 1.165) is 0 Å². The van der Waals surface area contributed by atoms with Crippen molar-refractivity contribution in [2.24, 2.45) is 0 Å². The first-order chi connectivity index (χ1) is 11.0. The fraction of sp³-hybridized carbons (Fsp3) is 0.600. The number of carbonyl (C=O) groups is 1. The van der Waals surface area contributed by atoms with Crippen molar-refractivity contribution >= 4 is 23.2 Å². The zero-order chi connectivity index (χ0) is 16.6. The summed E-state index contributed by atoms with van der Waals surface area (Å²) in [5.74, 6) is -0.192. The van der Waals surface area contributed by atoms with E-state index >= 15 is 0 Å². The number of aromatic nitrogens is 1. The van der Waals surface area contributed by atoms with Gasteiger partial charge in [-0.1, -0.05) is 0 Å². The van der Waals surface area contributed by atoms with Crippen molar-refractivity contribution in [3.05, 3.63) is 28.7 Å². The maximum atomic E-state index is 13.7. The smallest absolute Gasteiger partial charge is 0.250 e. The van der Waals surface area contributed by atoms with E-state index in [0.29, 0.717) is 31.7 Å². The summed E-state index contributed by atoms with van der Waals surface area (Å²) in [4.78, 5) is 26.0. The summed E-state index contributed by atoms with van der Waals surface area (Å²) in [5, 5.41) is 5.43. The van der Waals surface area contributed by atoms with Crippen LogP contribution < -0.4 is 16.2 Å². The minimum atomic E-state index is -1.06. The second-order valence-electron chi connectivity index (χ2n) is 5.99. The van der Waals surface area contributed by atoms with Gasteiger partial charge < -0.3 is 9.88 Å². The van der Waals surface area contributed by atoms with Crippen LogP contribution in [0.1, 0.15) is 13.3 Å². The van der Waals surface area contributed by atoms with Gasteiger partial charge in [-0.05, 0) is 13.0 Å². The van der Waals surface area contributed by atoms with Crippen LogP contribution in [0.25, 0.3) is 0 Å². The van der Waals surface area contributed by atoms with Crippen LogP contribution in [0.2, 0.25) is 0 Å². The monoisotopic (exact) mass is 342 g/mol. The zero-order valence-corrected chi connectivity index (χ0v) is 13.6. The summed E-state index contributed by atoms with van der Waals surface area (Å²) >= 11 is 5.96. The van der Waals surface area contributed by atoms with E-state index in [9.17, 15) is 14.0 Å². The van der Waals surface area contributed by atoms with Crippen molar-refractivity contribution in [3.63, 3.8) is 0 Å². The number of nitrogens with one attached hydrogen (secondary N) is 2. The van der Waals surface area contributed by atoms with E-state index in [1.54, 1.807) is 12.3 Å². The molecule has 0 spiro atoms. The van der Waals surface area contributed by atoms with Gasteiger partial charge in [-0.25, -0.2) is 4.39 Å². The summed E-state index contributed by atoms with van der Waals surface area (Å²) in [6.45, 7) is 3.33. The van der Waals surface area contributed by atoms with Crippen LogP contribution in [0.4, 0.5) is 10.1 Å². The molecule has 0 radical (unpaired) electrons. The van der Waals surface area contributed by atoms with Crippen LogP contribution in [-0.4, -0.2) is 52.2 Å². The van der Waals surface area contributed by atoms with E-state index < -0.39 is 17.6 Å². The molecule has 2 fully saturated rings. The third-order valence-electron chi connectivity index (χ3n) is 4.41. The number of hydrogen-bond donors (Lipinski definition) is 2. The Morgan fingerprint density at radius 3 is 3.00 bits per heavy atom. The van der Waals surface area contributed by atoms with Crippen LogP contribution in [0.15, 0.2) is 23.1 Å². The fourth-order valence-corrected chi connectivity index (χ4v) is 3.39. The molecule has 8 heteroatoms. The van der Waals surface area contributed by atoms with Gasteiger partial charge in [0.1, 0.15) is 12.2 Å². The van der Waals surface area contributed by atoms with Crippen LogP contribution >= 0.6 is 11.6 Å². The quantitative estimate of drug-likeness (QED) is 0.796. The predicted molar refractivity (Wildman–Crippen MR) is 86.4 cm³/mol. The summed E-state index contributed by atoms with van der Waals surface area (Å²) in [7, 11) is 0.